The van der Waals surface area contributed by atoms with E-state index in [2.05, 4.69) is 30.4 Å². The maximum absolute atomic E-state index is 5.57. The summed E-state index contributed by atoms with van der Waals surface area (Å²) < 4.78 is 5.57. The number of ether oxygens (including phenoxy) is 1. The molecule has 0 amide bonds. The number of hydrogen-bond donors (Lipinski definition) is 1. The van der Waals surface area contributed by atoms with Crippen molar-refractivity contribution in [1.82, 2.24) is 5.32 Å². The van der Waals surface area contributed by atoms with E-state index in [1.165, 1.54) is 36.9 Å². The van der Waals surface area contributed by atoms with Gasteiger partial charge in [-0.2, -0.15) is 0 Å². The van der Waals surface area contributed by atoms with Crippen LogP contribution in [0, 0.1) is 6.92 Å². The van der Waals surface area contributed by atoms with Gasteiger partial charge in [0.15, 0.2) is 0 Å². The van der Waals surface area contributed by atoms with E-state index < -0.39 is 0 Å². The first-order valence-electron chi connectivity index (χ1n) is 6.75. The van der Waals surface area contributed by atoms with Crippen molar-refractivity contribution < 1.29 is 4.74 Å². The summed E-state index contributed by atoms with van der Waals surface area (Å²) in [5, 5.41) is 3.60. The van der Waals surface area contributed by atoms with Crippen LogP contribution in [0.25, 0.3) is 0 Å². The van der Waals surface area contributed by atoms with Crippen LogP contribution >= 0.6 is 0 Å². The van der Waals surface area contributed by atoms with Crippen LogP contribution < -0.4 is 10.1 Å². The molecule has 1 atom stereocenters. The lowest BCUT2D eigenvalue weighted by atomic mass is 9.97. The van der Waals surface area contributed by atoms with Crippen molar-refractivity contribution in [1.29, 1.82) is 0 Å². The smallest absolute Gasteiger partial charge is 0.122 e. The fourth-order valence-electron chi connectivity index (χ4n) is 2.54. The van der Waals surface area contributed by atoms with E-state index in [1.807, 2.05) is 6.92 Å². The molecule has 0 aliphatic carbocycles. The van der Waals surface area contributed by atoms with E-state index in [-0.39, 0.29) is 0 Å². The van der Waals surface area contributed by atoms with Gasteiger partial charge in [0.1, 0.15) is 5.75 Å². The van der Waals surface area contributed by atoms with Gasteiger partial charge in [-0.25, -0.2) is 0 Å². The molecule has 17 heavy (non-hydrogen) atoms. The molecule has 1 aromatic carbocycles. The Labute approximate surface area is 104 Å². The van der Waals surface area contributed by atoms with E-state index in [9.17, 15) is 0 Å². The second-order valence-electron chi connectivity index (χ2n) is 4.88. The van der Waals surface area contributed by atoms with E-state index in [4.69, 9.17) is 4.74 Å². The molecule has 1 aromatic rings. The molecule has 1 fully saturated rings. The summed E-state index contributed by atoms with van der Waals surface area (Å²) >= 11 is 0. The molecule has 0 saturated carbocycles. The highest BCUT2D eigenvalue weighted by Crippen LogP contribution is 2.21. The molecule has 2 nitrogen and oxygen atoms in total. The largest absolute Gasteiger partial charge is 0.494 e. The first-order chi connectivity index (χ1) is 8.29. The monoisotopic (exact) mass is 233 g/mol. The Morgan fingerprint density at radius 3 is 2.88 bits per heavy atom. The van der Waals surface area contributed by atoms with Crippen LogP contribution in [0.5, 0.6) is 5.75 Å². The van der Waals surface area contributed by atoms with Crippen molar-refractivity contribution >= 4 is 0 Å². The maximum atomic E-state index is 5.57. The molecule has 1 N–H and O–H groups in total. The van der Waals surface area contributed by atoms with Gasteiger partial charge in [-0.3, -0.25) is 0 Å². The number of hydrogen-bond acceptors (Lipinski definition) is 2. The highest BCUT2D eigenvalue weighted by atomic mass is 16.5. The lowest BCUT2D eigenvalue weighted by Gasteiger charge is -2.23. The van der Waals surface area contributed by atoms with Crippen molar-refractivity contribution in [3.05, 3.63) is 29.3 Å². The second-order valence-corrected chi connectivity index (χ2v) is 4.88. The van der Waals surface area contributed by atoms with Gasteiger partial charge in [0, 0.05) is 6.04 Å². The van der Waals surface area contributed by atoms with E-state index in [1.54, 1.807) is 0 Å². The Hall–Kier alpha value is -1.02. The van der Waals surface area contributed by atoms with Gasteiger partial charge in [-0.1, -0.05) is 18.6 Å². The number of aryl methyl sites for hydroxylation is 1. The van der Waals surface area contributed by atoms with Gasteiger partial charge in [-0.05, 0) is 56.8 Å². The van der Waals surface area contributed by atoms with Gasteiger partial charge in [0.25, 0.3) is 0 Å². The molecular formula is C15H23NO. The van der Waals surface area contributed by atoms with E-state index >= 15 is 0 Å². The Morgan fingerprint density at radius 1 is 1.35 bits per heavy atom. The first kappa shape index (κ1) is 12.4. The molecule has 2 heteroatoms. The first-order valence-corrected chi connectivity index (χ1v) is 6.75. The van der Waals surface area contributed by atoms with Gasteiger partial charge in [-0.15, -0.1) is 0 Å². The summed E-state index contributed by atoms with van der Waals surface area (Å²) in [4.78, 5) is 0. The number of piperidine rings is 1. The molecule has 1 heterocycles. The minimum atomic E-state index is 0.668. The van der Waals surface area contributed by atoms with Crippen molar-refractivity contribution in [3.63, 3.8) is 0 Å². The minimum absolute atomic E-state index is 0.668. The number of nitrogens with one attached hydrogen (secondary N) is 1. The van der Waals surface area contributed by atoms with Gasteiger partial charge >= 0.3 is 0 Å². The zero-order chi connectivity index (χ0) is 12.1. The molecular weight excluding hydrogens is 210 g/mol. The minimum Gasteiger partial charge on any atom is -0.494 e. The summed E-state index contributed by atoms with van der Waals surface area (Å²) in [6.07, 6.45) is 5.16. The predicted molar refractivity (Wildman–Crippen MR) is 71.7 cm³/mol. The molecule has 0 aromatic heterocycles. The zero-order valence-electron chi connectivity index (χ0n) is 11.0. The standard InChI is InChI=1S/C15H23NO/c1-3-17-15-8-7-13(10-12(15)2)11-14-6-4-5-9-16-14/h7-8,10,14,16H,3-6,9,11H2,1-2H3. The average Bonchev–Trinajstić information content (AvgIpc) is 2.34. The van der Waals surface area contributed by atoms with Crippen LogP contribution in [-0.4, -0.2) is 19.2 Å². The third-order valence-electron chi connectivity index (χ3n) is 3.43. The molecule has 1 saturated heterocycles. The van der Waals surface area contributed by atoms with Crippen LogP contribution in [0.3, 0.4) is 0 Å². The number of rotatable bonds is 4. The molecule has 94 valence electrons. The van der Waals surface area contributed by atoms with E-state index in [0.29, 0.717) is 6.04 Å². The Morgan fingerprint density at radius 2 is 2.24 bits per heavy atom. The van der Waals surface area contributed by atoms with Gasteiger partial charge in [0.2, 0.25) is 0 Å². The van der Waals surface area contributed by atoms with Crippen LogP contribution in [-0.2, 0) is 6.42 Å². The van der Waals surface area contributed by atoms with Crippen molar-refractivity contribution in [2.45, 2.75) is 45.6 Å². The summed E-state index contributed by atoms with van der Waals surface area (Å²) in [5.41, 5.74) is 2.67. The SMILES string of the molecule is CCOc1ccc(CC2CCCCN2)cc1C. The van der Waals surface area contributed by atoms with E-state index in [0.717, 1.165) is 18.8 Å². The average molecular weight is 233 g/mol. The Kier molecular flexibility index (Phi) is 4.43. The fourth-order valence-corrected chi connectivity index (χ4v) is 2.54. The molecule has 2 rings (SSSR count). The Balaban J connectivity index is 1.98. The number of benzene rings is 1. The van der Waals surface area contributed by atoms with Gasteiger partial charge < -0.3 is 10.1 Å². The molecule has 1 aliphatic rings. The Bertz CT molecular complexity index is 356. The molecule has 0 spiro atoms. The second kappa shape index (κ2) is 6.06. The predicted octanol–water partition coefficient (Wildman–Crippen LogP) is 3.08. The highest BCUT2D eigenvalue weighted by Gasteiger charge is 2.13. The summed E-state index contributed by atoms with van der Waals surface area (Å²) in [6.45, 7) is 6.08. The normalized spacial score (nSPS) is 20.2. The van der Waals surface area contributed by atoms with Gasteiger partial charge in [0.05, 0.1) is 6.61 Å². The molecule has 1 unspecified atom stereocenters. The van der Waals surface area contributed by atoms with Crippen molar-refractivity contribution in [2.24, 2.45) is 0 Å². The zero-order valence-corrected chi connectivity index (χ0v) is 11.0. The summed E-state index contributed by atoms with van der Waals surface area (Å²) in [7, 11) is 0. The van der Waals surface area contributed by atoms with Crippen LogP contribution in [0.15, 0.2) is 18.2 Å². The lowest BCUT2D eigenvalue weighted by Crippen LogP contribution is -2.35. The van der Waals surface area contributed by atoms with Crippen LogP contribution in [0.2, 0.25) is 0 Å². The topological polar surface area (TPSA) is 21.3 Å². The quantitative estimate of drug-likeness (QED) is 0.863. The van der Waals surface area contributed by atoms with Crippen molar-refractivity contribution in [3.8, 4) is 5.75 Å². The van der Waals surface area contributed by atoms with Crippen LogP contribution in [0.1, 0.15) is 37.3 Å². The maximum Gasteiger partial charge on any atom is 0.122 e. The molecule has 0 radical (unpaired) electrons. The fraction of sp³-hybridized carbons (Fsp3) is 0.600. The molecule has 1 aliphatic heterocycles. The van der Waals surface area contributed by atoms with Crippen molar-refractivity contribution in [2.75, 3.05) is 13.2 Å². The third kappa shape index (κ3) is 3.47. The third-order valence-corrected chi connectivity index (χ3v) is 3.43. The lowest BCUT2D eigenvalue weighted by molar-refractivity contribution is 0.337. The highest BCUT2D eigenvalue weighted by molar-refractivity contribution is 5.36. The van der Waals surface area contributed by atoms with Crippen LogP contribution in [0.4, 0.5) is 0 Å². The summed E-state index contributed by atoms with van der Waals surface area (Å²) in [6, 6.07) is 7.24. The molecule has 0 bridgehead atoms. The summed E-state index contributed by atoms with van der Waals surface area (Å²) in [5.74, 6) is 1.02.